The molecule has 1 amide bonds. The summed E-state index contributed by atoms with van der Waals surface area (Å²) < 4.78 is 31.3. The van der Waals surface area contributed by atoms with Crippen molar-refractivity contribution in [3.63, 3.8) is 0 Å². The van der Waals surface area contributed by atoms with Crippen LogP contribution < -0.4 is 4.74 Å². The molecule has 0 bridgehead atoms. The van der Waals surface area contributed by atoms with Gasteiger partial charge in [-0.3, -0.25) is 4.79 Å². The number of aryl methyl sites for hydroxylation is 1. The summed E-state index contributed by atoms with van der Waals surface area (Å²) in [6.07, 6.45) is 0.489. The first-order valence-electron chi connectivity index (χ1n) is 10.8. The first kappa shape index (κ1) is 22.3. The van der Waals surface area contributed by atoms with Crippen LogP contribution in [0.15, 0.2) is 30.3 Å². The van der Waals surface area contributed by atoms with Crippen molar-refractivity contribution in [3.8, 4) is 17.0 Å². The lowest BCUT2D eigenvalue weighted by Gasteiger charge is -2.20. The molecule has 0 saturated carbocycles. The average Bonchev–Trinajstić information content (AvgIpc) is 3.32. The van der Waals surface area contributed by atoms with Gasteiger partial charge in [0, 0.05) is 18.7 Å². The van der Waals surface area contributed by atoms with Crippen molar-refractivity contribution in [3.05, 3.63) is 41.6 Å². The minimum Gasteiger partial charge on any atom is -0.497 e. The lowest BCUT2D eigenvalue weighted by atomic mass is 10.0. The van der Waals surface area contributed by atoms with Gasteiger partial charge in [0.25, 0.3) is 5.91 Å². The second-order valence-electron chi connectivity index (χ2n) is 8.05. The first-order valence-corrected chi connectivity index (χ1v) is 12.6. The summed E-state index contributed by atoms with van der Waals surface area (Å²) >= 11 is 0. The van der Waals surface area contributed by atoms with E-state index >= 15 is 0 Å². The van der Waals surface area contributed by atoms with E-state index in [9.17, 15) is 13.2 Å². The van der Waals surface area contributed by atoms with Crippen LogP contribution in [-0.2, 0) is 9.84 Å². The number of hydrogen-bond donors (Lipinski definition) is 0. The SMILES string of the molecule is CCN(CC)C(=O)c1cc(-c2cccc(OC)c2)nc2c1c(C)nn2C1CCS(=O)(=O)C1. The standard InChI is InChI=1S/C23H28N4O4S/c1-5-26(6-2)23(28)19-13-20(16-8-7-9-18(12-16)31-4)24-22-21(19)15(3)25-27(22)17-10-11-32(29,30)14-17/h7-9,12-13,17H,5-6,10-11,14H2,1-4H3. The number of fused-ring (bicyclic) bond motifs is 1. The summed E-state index contributed by atoms with van der Waals surface area (Å²) in [5, 5.41) is 5.33. The largest absolute Gasteiger partial charge is 0.497 e. The molecule has 3 heterocycles. The molecule has 0 spiro atoms. The predicted octanol–water partition coefficient (Wildman–Crippen LogP) is 3.26. The molecule has 32 heavy (non-hydrogen) atoms. The van der Waals surface area contributed by atoms with Crippen LogP contribution in [0.4, 0.5) is 0 Å². The number of carbonyl (C=O) groups is 1. The van der Waals surface area contributed by atoms with E-state index in [-0.39, 0.29) is 23.5 Å². The number of methoxy groups -OCH3 is 1. The fourth-order valence-electron chi connectivity index (χ4n) is 4.32. The fraction of sp³-hybridized carbons (Fsp3) is 0.435. The van der Waals surface area contributed by atoms with Crippen molar-refractivity contribution in [1.82, 2.24) is 19.7 Å². The van der Waals surface area contributed by atoms with E-state index in [1.54, 1.807) is 16.7 Å². The molecule has 9 heteroatoms. The Morgan fingerprint density at radius 2 is 2.00 bits per heavy atom. The van der Waals surface area contributed by atoms with Crippen molar-refractivity contribution >= 4 is 26.8 Å². The van der Waals surface area contributed by atoms with Gasteiger partial charge in [-0.05, 0) is 45.4 Å². The number of aromatic nitrogens is 3. The number of hydrogen-bond acceptors (Lipinski definition) is 6. The van der Waals surface area contributed by atoms with E-state index in [4.69, 9.17) is 9.72 Å². The average molecular weight is 457 g/mol. The molecule has 1 aliphatic heterocycles. The van der Waals surface area contributed by atoms with Gasteiger partial charge in [-0.1, -0.05) is 12.1 Å². The molecule has 1 aromatic carbocycles. The van der Waals surface area contributed by atoms with Gasteiger partial charge in [-0.25, -0.2) is 18.1 Å². The van der Waals surface area contributed by atoms with Crippen LogP contribution in [0.2, 0.25) is 0 Å². The van der Waals surface area contributed by atoms with Crippen LogP contribution in [0.5, 0.6) is 5.75 Å². The number of benzene rings is 1. The molecule has 1 saturated heterocycles. The van der Waals surface area contributed by atoms with Crippen molar-refractivity contribution < 1.29 is 17.9 Å². The quantitative estimate of drug-likeness (QED) is 0.565. The van der Waals surface area contributed by atoms with Gasteiger partial charge in [-0.2, -0.15) is 5.10 Å². The number of ether oxygens (including phenoxy) is 1. The second-order valence-corrected chi connectivity index (χ2v) is 10.3. The molecular formula is C23H28N4O4S. The Morgan fingerprint density at radius 1 is 1.25 bits per heavy atom. The van der Waals surface area contributed by atoms with E-state index < -0.39 is 9.84 Å². The summed E-state index contributed by atoms with van der Waals surface area (Å²) in [5.41, 5.74) is 3.17. The third-order valence-electron chi connectivity index (χ3n) is 6.04. The van der Waals surface area contributed by atoms with Crippen molar-refractivity contribution in [1.29, 1.82) is 0 Å². The lowest BCUT2D eigenvalue weighted by Crippen LogP contribution is -2.30. The number of pyridine rings is 1. The van der Waals surface area contributed by atoms with Crippen molar-refractivity contribution in [2.24, 2.45) is 0 Å². The van der Waals surface area contributed by atoms with E-state index in [2.05, 4.69) is 5.10 Å². The number of rotatable bonds is 6. The molecule has 1 unspecified atom stereocenters. The third kappa shape index (κ3) is 3.97. The molecule has 0 N–H and O–H groups in total. The molecule has 2 aromatic heterocycles. The van der Waals surface area contributed by atoms with Crippen LogP contribution in [0.25, 0.3) is 22.3 Å². The van der Waals surface area contributed by atoms with Crippen LogP contribution >= 0.6 is 0 Å². The molecule has 1 atom stereocenters. The number of nitrogens with zero attached hydrogens (tertiary/aromatic N) is 4. The first-order chi connectivity index (χ1) is 15.3. The normalized spacial score (nSPS) is 17.6. The van der Waals surface area contributed by atoms with Gasteiger partial charge in [0.1, 0.15) is 5.75 Å². The van der Waals surface area contributed by atoms with Crippen LogP contribution in [0.3, 0.4) is 0 Å². The van der Waals surface area contributed by atoms with Crippen LogP contribution in [0.1, 0.15) is 42.4 Å². The Balaban J connectivity index is 1.97. The Hall–Kier alpha value is -2.94. The summed E-state index contributed by atoms with van der Waals surface area (Å²) in [6.45, 7) is 6.91. The van der Waals surface area contributed by atoms with Crippen LogP contribution in [0, 0.1) is 6.92 Å². The predicted molar refractivity (Wildman–Crippen MR) is 124 cm³/mol. The van der Waals surface area contributed by atoms with Crippen molar-refractivity contribution in [2.45, 2.75) is 33.2 Å². The molecule has 4 rings (SSSR count). The Morgan fingerprint density at radius 3 is 2.62 bits per heavy atom. The van der Waals surface area contributed by atoms with Gasteiger partial charge in [0.15, 0.2) is 15.5 Å². The Labute approximate surface area is 188 Å². The van der Waals surface area contributed by atoms with E-state index in [1.165, 1.54) is 0 Å². The molecular weight excluding hydrogens is 428 g/mol. The van der Waals surface area contributed by atoms with Gasteiger partial charge in [-0.15, -0.1) is 0 Å². The number of amides is 1. The third-order valence-corrected chi connectivity index (χ3v) is 7.79. The topological polar surface area (TPSA) is 94.4 Å². The number of carbonyl (C=O) groups excluding carboxylic acids is 1. The zero-order valence-electron chi connectivity index (χ0n) is 18.8. The summed E-state index contributed by atoms with van der Waals surface area (Å²) in [4.78, 5) is 20.1. The zero-order valence-corrected chi connectivity index (χ0v) is 19.6. The highest BCUT2D eigenvalue weighted by Crippen LogP contribution is 2.33. The summed E-state index contributed by atoms with van der Waals surface area (Å²) in [6, 6.07) is 9.02. The van der Waals surface area contributed by atoms with Gasteiger partial charge >= 0.3 is 0 Å². The number of sulfone groups is 1. The maximum Gasteiger partial charge on any atom is 0.254 e. The molecule has 170 valence electrons. The van der Waals surface area contributed by atoms with Crippen molar-refractivity contribution in [2.75, 3.05) is 31.7 Å². The minimum absolute atomic E-state index is 0.0353. The van der Waals surface area contributed by atoms with Crippen LogP contribution in [-0.4, -0.2) is 65.7 Å². The summed E-state index contributed by atoms with van der Waals surface area (Å²) in [7, 11) is -1.50. The molecule has 0 radical (unpaired) electrons. The molecule has 3 aromatic rings. The Kier molecular flexibility index (Phi) is 5.94. The molecule has 1 fully saturated rings. The highest BCUT2D eigenvalue weighted by molar-refractivity contribution is 7.91. The van der Waals surface area contributed by atoms with E-state index in [0.29, 0.717) is 53.2 Å². The molecule has 8 nitrogen and oxygen atoms in total. The smallest absolute Gasteiger partial charge is 0.254 e. The van der Waals surface area contributed by atoms with Gasteiger partial charge < -0.3 is 9.64 Å². The highest BCUT2D eigenvalue weighted by Gasteiger charge is 2.32. The zero-order chi connectivity index (χ0) is 23.0. The highest BCUT2D eigenvalue weighted by atomic mass is 32.2. The maximum absolute atomic E-state index is 13.5. The van der Waals surface area contributed by atoms with E-state index in [1.807, 2.05) is 51.1 Å². The molecule has 1 aliphatic rings. The molecule has 0 aliphatic carbocycles. The lowest BCUT2D eigenvalue weighted by molar-refractivity contribution is 0.0775. The summed E-state index contributed by atoms with van der Waals surface area (Å²) in [5.74, 6) is 0.771. The second kappa shape index (κ2) is 8.54. The van der Waals surface area contributed by atoms with Gasteiger partial charge in [0.05, 0.1) is 47.0 Å². The Bertz CT molecular complexity index is 1280. The maximum atomic E-state index is 13.5. The van der Waals surface area contributed by atoms with Gasteiger partial charge in [0.2, 0.25) is 0 Å². The minimum atomic E-state index is -3.10. The monoisotopic (exact) mass is 456 g/mol. The van der Waals surface area contributed by atoms with E-state index in [0.717, 1.165) is 5.56 Å². The fourth-order valence-corrected chi connectivity index (χ4v) is 6.01.